The van der Waals surface area contributed by atoms with E-state index in [1.807, 2.05) is 0 Å². The molecular weight excluding hydrogens is 140 g/mol. The first-order chi connectivity index (χ1) is 4.81. The van der Waals surface area contributed by atoms with Gasteiger partial charge in [0.1, 0.15) is 0 Å². The Labute approximate surface area is 66.2 Å². The van der Waals surface area contributed by atoms with Gasteiger partial charge in [-0.25, -0.2) is 0 Å². The Hall–Kier alpha value is 0.177. The number of hydrogen-bond acceptors (Lipinski definition) is 1. The average Bonchev–Trinajstić information content (AvgIpc) is 1.97. The molecule has 0 rings (SSSR count). The normalized spacial score (nSPS) is 10.8. The fraction of sp³-hybridized carbons (Fsp3) is 1.00. The molecule has 0 bridgehead atoms. The predicted octanol–water partition coefficient (Wildman–Crippen LogP) is 2.30. The van der Waals surface area contributed by atoms with Crippen LogP contribution in [0.25, 0.3) is 0 Å². The maximum absolute atomic E-state index is 9.45. The molecule has 0 unspecified atom stereocenters. The molecule has 0 spiro atoms. The van der Waals surface area contributed by atoms with Crippen molar-refractivity contribution in [1.29, 1.82) is 0 Å². The molecule has 0 aliphatic heterocycles. The molecule has 1 nitrogen and oxygen atoms in total. The third kappa shape index (κ3) is 6.30. The van der Waals surface area contributed by atoms with E-state index in [2.05, 4.69) is 13.8 Å². The van der Waals surface area contributed by atoms with Crippen LogP contribution in [-0.2, 0) is 0 Å². The van der Waals surface area contributed by atoms with E-state index in [1.165, 1.54) is 25.7 Å². The first-order valence-corrected chi connectivity index (χ1v) is 6.64. The summed E-state index contributed by atoms with van der Waals surface area (Å²) >= 11 is 0. The van der Waals surface area contributed by atoms with E-state index in [1.54, 1.807) is 0 Å². The van der Waals surface area contributed by atoms with Gasteiger partial charge >= 0.3 is 0 Å². The minimum absolute atomic E-state index is 1.14. The van der Waals surface area contributed by atoms with Crippen molar-refractivity contribution >= 4 is 9.04 Å². The molecule has 0 aromatic heterocycles. The predicted molar refractivity (Wildman–Crippen MR) is 48.8 cm³/mol. The summed E-state index contributed by atoms with van der Waals surface area (Å²) < 4.78 is 0. The third-order valence-corrected chi connectivity index (χ3v) is 3.93. The van der Waals surface area contributed by atoms with Crippen LogP contribution in [0.2, 0.25) is 12.1 Å². The van der Waals surface area contributed by atoms with Gasteiger partial charge in [0, 0.05) is 0 Å². The summed E-state index contributed by atoms with van der Waals surface area (Å²) in [5.74, 6) is 0. The van der Waals surface area contributed by atoms with Crippen molar-refractivity contribution in [2.24, 2.45) is 0 Å². The molecule has 10 heavy (non-hydrogen) atoms. The largest absolute Gasteiger partial charge is 0.435 e. The maximum atomic E-state index is 9.45. The van der Waals surface area contributed by atoms with Gasteiger partial charge in [0.15, 0.2) is 9.04 Å². The molecule has 0 aliphatic rings. The van der Waals surface area contributed by atoms with Crippen molar-refractivity contribution in [1.82, 2.24) is 0 Å². The molecule has 0 atom stereocenters. The summed E-state index contributed by atoms with van der Waals surface area (Å²) in [6.07, 6.45) is 4.93. The van der Waals surface area contributed by atoms with Crippen molar-refractivity contribution in [3.8, 4) is 0 Å². The van der Waals surface area contributed by atoms with Gasteiger partial charge in [0.25, 0.3) is 0 Å². The van der Waals surface area contributed by atoms with Gasteiger partial charge < -0.3 is 4.80 Å². The molecule has 0 amide bonds. The highest BCUT2D eigenvalue weighted by atomic mass is 28.3. The van der Waals surface area contributed by atoms with Gasteiger partial charge in [-0.15, -0.1) is 0 Å². The topological polar surface area (TPSA) is 20.2 Å². The summed E-state index contributed by atoms with van der Waals surface area (Å²) in [7, 11) is -1.24. The standard InChI is InChI=1S/C8H20OSi/c1-3-5-7-10(9)8-6-4-2/h9-10H,3-8H2,1-2H3. The van der Waals surface area contributed by atoms with Gasteiger partial charge in [-0.2, -0.15) is 0 Å². The Balaban J connectivity index is 3.00. The molecule has 0 aromatic rings. The minimum Gasteiger partial charge on any atom is -0.435 e. The van der Waals surface area contributed by atoms with Gasteiger partial charge in [0.2, 0.25) is 0 Å². The molecule has 1 N–H and O–H groups in total. The Morgan fingerprint density at radius 2 is 1.40 bits per heavy atom. The highest BCUT2D eigenvalue weighted by Gasteiger charge is 2.03. The molecule has 0 saturated carbocycles. The molecule has 2 heteroatoms. The second kappa shape index (κ2) is 7.29. The van der Waals surface area contributed by atoms with E-state index in [0.717, 1.165) is 12.1 Å². The zero-order chi connectivity index (χ0) is 7.82. The van der Waals surface area contributed by atoms with E-state index in [-0.39, 0.29) is 0 Å². The molecule has 62 valence electrons. The number of hydrogen-bond donors (Lipinski definition) is 1. The van der Waals surface area contributed by atoms with E-state index in [9.17, 15) is 4.80 Å². The molecular formula is C8H20OSi. The lowest BCUT2D eigenvalue weighted by molar-refractivity contribution is 0.555. The number of unbranched alkanes of at least 4 members (excludes halogenated alkanes) is 2. The molecule has 0 aliphatic carbocycles. The zero-order valence-electron chi connectivity index (χ0n) is 7.27. The first kappa shape index (κ1) is 10.2. The van der Waals surface area contributed by atoms with Crippen LogP contribution in [-0.4, -0.2) is 13.8 Å². The Morgan fingerprint density at radius 3 is 1.70 bits per heavy atom. The van der Waals surface area contributed by atoms with Gasteiger partial charge in [-0.1, -0.05) is 39.5 Å². The van der Waals surface area contributed by atoms with Crippen LogP contribution in [0.15, 0.2) is 0 Å². The summed E-state index contributed by atoms with van der Waals surface area (Å²) in [6, 6.07) is 2.27. The number of rotatable bonds is 6. The van der Waals surface area contributed by atoms with Gasteiger partial charge in [0.05, 0.1) is 0 Å². The van der Waals surface area contributed by atoms with Crippen LogP contribution in [0.1, 0.15) is 39.5 Å². The van der Waals surface area contributed by atoms with Crippen LogP contribution in [0.3, 0.4) is 0 Å². The van der Waals surface area contributed by atoms with Crippen molar-refractivity contribution in [3.05, 3.63) is 0 Å². The molecule has 0 fully saturated rings. The first-order valence-electron chi connectivity index (χ1n) is 4.49. The second-order valence-electron chi connectivity index (χ2n) is 2.94. The summed E-state index contributed by atoms with van der Waals surface area (Å²) in [5, 5.41) is 0. The van der Waals surface area contributed by atoms with Gasteiger partial charge in [-0.3, -0.25) is 0 Å². The Bertz CT molecular complexity index is 58.3. The molecule has 0 saturated heterocycles. The van der Waals surface area contributed by atoms with Crippen molar-refractivity contribution in [3.63, 3.8) is 0 Å². The van der Waals surface area contributed by atoms with Crippen LogP contribution in [0, 0.1) is 0 Å². The van der Waals surface area contributed by atoms with E-state index >= 15 is 0 Å². The fourth-order valence-corrected chi connectivity index (χ4v) is 3.07. The van der Waals surface area contributed by atoms with Crippen LogP contribution < -0.4 is 0 Å². The van der Waals surface area contributed by atoms with Crippen molar-refractivity contribution < 1.29 is 4.80 Å². The quantitative estimate of drug-likeness (QED) is 0.591. The van der Waals surface area contributed by atoms with E-state index in [0.29, 0.717) is 0 Å². The highest BCUT2D eigenvalue weighted by Crippen LogP contribution is 2.06. The second-order valence-corrected chi connectivity index (χ2v) is 5.40. The Morgan fingerprint density at radius 1 is 1.00 bits per heavy atom. The lowest BCUT2D eigenvalue weighted by Gasteiger charge is -2.05. The zero-order valence-corrected chi connectivity index (χ0v) is 8.42. The smallest absolute Gasteiger partial charge is 0.172 e. The van der Waals surface area contributed by atoms with Crippen LogP contribution in [0.5, 0.6) is 0 Å². The van der Waals surface area contributed by atoms with Crippen LogP contribution in [0.4, 0.5) is 0 Å². The SMILES string of the molecule is CCCC[SiH](O)CCCC. The highest BCUT2D eigenvalue weighted by molar-refractivity contribution is 6.50. The van der Waals surface area contributed by atoms with Crippen LogP contribution >= 0.6 is 0 Å². The lowest BCUT2D eigenvalue weighted by Crippen LogP contribution is -2.10. The van der Waals surface area contributed by atoms with Crippen molar-refractivity contribution in [2.75, 3.05) is 0 Å². The van der Waals surface area contributed by atoms with E-state index < -0.39 is 9.04 Å². The molecule has 0 radical (unpaired) electrons. The van der Waals surface area contributed by atoms with Crippen molar-refractivity contribution in [2.45, 2.75) is 51.6 Å². The molecule has 0 heterocycles. The summed E-state index contributed by atoms with van der Waals surface area (Å²) in [5.41, 5.74) is 0. The Kier molecular flexibility index (Phi) is 7.41. The summed E-state index contributed by atoms with van der Waals surface area (Å²) in [6.45, 7) is 4.36. The molecule has 0 aromatic carbocycles. The summed E-state index contributed by atoms with van der Waals surface area (Å²) in [4.78, 5) is 9.45. The monoisotopic (exact) mass is 160 g/mol. The average molecular weight is 160 g/mol. The fourth-order valence-electron chi connectivity index (χ4n) is 1.02. The maximum Gasteiger partial charge on any atom is 0.172 e. The third-order valence-electron chi connectivity index (χ3n) is 1.78. The van der Waals surface area contributed by atoms with E-state index in [4.69, 9.17) is 0 Å². The lowest BCUT2D eigenvalue weighted by atomic mass is 10.4. The minimum atomic E-state index is -1.24. The van der Waals surface area contributed by atoms with Gasteiger partial charge in [-0.05, 0) is 12.1 Å².